The van der Waals surface area contributed by atoms with E-state index >= 15 is 0 Å². The third kappa shape index (κ3) is 5.37. The van der Waals surface area contributed by atoms with Crippen molar-refractivity contribution in [2.75, 3.05) is 6.54 Å². The zero-order chi connectivity index (χ0) is 14.3. The predicted molar refractivity (Wildman–Crippen MR) is 90.9 cm³/mol. The Balaban J connectivity index is 1.55. The van der Waals surface area contributed by atoms with Crippen LogP contribution in [-0.2, 0) is 19.4 Å². The van der Waals surface area contributed by atoms with Gasteiger partial charge in [0.05, 0.1) is 5.69 Å². The van der Waals surface area contributed by atoms with Crippen LogP contribution in [0.3, 0.4) is 0 Å². The molecule has 0 aliphatic heterocycles. The van der Waals surface area contributed by atoms with E-state index in [-0.39, 0.29) is 0 Å². The van der Waals surface area contributed by atoms with Crippen molar-refractivity contribution >= 4 is 11.3 Å². The van der Waals surface area contributed by atoms with Gasteiger partial charge in [0.15, 0.2) is 0 Å². The second kappa shape index (κ2) is 8.28. The van der Waals surface area contributed by atoms with Crippen LogP contribution in [0.1, 0.15) is 79.8 Å². The SMILES string of the molecule is C1CCCCCc2sc(CNCC3CC3)nc2CCCC1. The van der Waals surface area contributed by atoms with Gasteiger partial charge < -0.3 is 5.32 Å². The van der Waals surface area contributed by atoms with Crippen molar-refractivity contribution in [2.45, 2.75) is 83.6 Å². The average molecular weight is 307 g/mol. The van der Waals surface area contributed by atoms with Gasteiger partial charge in [-0.25, -0.2) is 4.98 Å². The summed E-state index contributed by atoms with van der Waals surface area (Å²) in [4.78, 5) is 6.55. The Morgan fingerprint density at radius 2 is 1.57 bits per heavy atom. The highest BCUT2D eigenvalue weighted by molar-refractivity contribution is 7.11. The van der Waals surface area contributed by atoms with E-state index in [2.05, 4.69) is 5.32 Å². The van der Waals surface area contributed by atoms with Gasteiger partial charge in [-0.1, -0.05) is 38.5 Å². The minimum absolute atomic E-state index is 0.963. The highest BCUT2D eigenvalue weighted by atomic mass is 32.1. The van der Waals surface area contributed by atoms with Crippen LogP contribution >= 0.6 is 11.3 Å². The molecular formula is C18H30N2S. The molecule has 0 atom stereocenters. The Kier molecular flexibility index (Phi) is 6.11. The van der Waals surface area contributed by atoms with Crippen LogP contribution in [0.5, 0.6) is 0 Å². The topological polar surface area (TPSA) is 24.9 Å². The summed E-state index contributed by atoms with van der Waals surface area (Å²) in [6, 6.07) is 0. The molecule has 0 aromatic carbocycles. The molecule has 1 aromatic heterocycles. The van der Waals surface area contributed by atoms with Gasteiger partial charge in [-0.15, -0.1) is 11.3 Å². The maximum Gasteiger partial charge on any atom is 0.107 e. The summed E-state index contributed by atoms with van der Waals surface area (Å²) in [6.45, 7) is 2.19. The lowest BCUT2D eigenvalue weighted by Gasteiger charge is -2.06. The largest absolute Gasteiger partial charge is 0.310 e. The van der Waals surface area contributed by atoms with Crippen LogP contribution in [0.2, 0.25) is 0 Å². The molecule has 0 saturated heterocycles. The van der Waals surface area contributed by atoms with Gasteiger partial charge in [0, 0.05) is 11.4 Å². The number of thiazole rings is 1. The van der Waals surface area contributed by atoms with E-state index in [0.717, 1.165) is 12.5 Å². The van der Waals surface area contributed by atoms with Crippen LogP contribution in [0.25, 0.3) is 0 Å². The first kappa shape index (κ1) is 15.5. The Bertz CT molecular complexity index is 393. The number of fused-ring (bicyclic) bond motifs is 1. The molecule has 1 heterocycles. The standard InChI is InChI=1S/C18H30N2S/c1-2-4-6-8-10-17-16(9-7-5-3-1)20-18(21-17)14-19-13-15-11-12-15/h15,19H,1-14H2. The predicted octanol–water partition coefficient (Wildman–Crippen LogP) is 4.86. The summed E-state index contributed by atoms with van der Waals surface area (Å²) in [5.74, 6) is 0.963. The fourth-order valence-corrected chi connectivity index (χ4v) is 4.37. The third-order valence-electron chi connectivity index (χ3n) is 4.80. The van der Waals surface area contributed by atoms with Gasteiger partial charge in [-0.05, 0) is 51.0 Å². The van der Waals surface area contributed by atoms with E-state index in [0.29, 0.717) is 0 Å². The second-order valence-electron chi connectivity index (χ2n) is 6.88. The number of hydrogen-bond acceptors (Lipinski definition) is 3. The first-order valence-corrected chi connectivity index (χ1v) is 9.91. The van der Waals surface area contributed by atoms with Gasteiger partial charge in [-0.2, -0.15) is 0 Å². The lowest BCUT2D eigenvalue weighted by atomic mass is 10.0. The fourth-order valence-electron chi connectivity index (χ4n) is 3.25. The minimum Gasteiger partial charge on any atom is -0.310 e. The Labute approximate surface area is 133 Å². The van der Waals surface area contributed by atoms with Crippen LogP contribution < -0.4 is 5.32 Å². The van der Waals surface area contributed by atoms with Crippen LogP contribution in [0, 0.1) is 5.92 Å². The quantitative estimate of drug-likeness (QED) is 0.859. The van der Waals surface area contributed by atoms with E-state index in [9.17, 15) is 0 Å². The minimum atomic E-state index is 0.963. The lowest BCUT2D eigenvalue weighted by Crippen LogP contribution is -2.15. The second-order valence-corrected chi connectivity index (χ2v) is 8.05. The molecule has 0 bridgehead atoms. The van der Waals surface area contributed by atoms with Crippen molar-refractivity contribution in [3.63, 3.8) is 0 Å². The van der Waals surface area contributed by atoms with Gasteiger partial charge in [0.25, 0.3) is 0 Å². The number of rotatable bonds is 4. The molecule has 1 N–H and O–H groups in total. The summed E-state index contributed by atoms with van der Waals surface area (Å²) in [7, 11) is 0. The molecule has 0 unspecified atom stereocenters. The number of aryl methyl sites for hydroxylation is 2. The van der Waals surface area contributed by atoms with Crippen molar-refractivity contribution in [3.8, 4) is 0 Å². The summed E-state index contributed by atoms with van der Waals surface area (Å²) >= 11 is 1.98. The van der Waals surface area contributed by atoms with E-state index in [4.69, 9.17) is 4.98 Å². The van der Waals surface area contributed by atoms with Crippen molar-refractivity contribution in [1.82, 2.24) is 10.3 Å². The number of nitrogens with one attached hydrogen (secondary N) is 1. The maximum absolute atomic E-state index is 4.95. The molecule has 1 saturated carbocycles. The zero-order valence-electron chi connectivity index (χ0n) is 13.3. The third-order valence-corrected chi connectivity index (χ3v) is 5.95. The molecule has 0 amide bonds. The molecule has 3 rings (SSSR count). The monoisotopic (exact) mass is 306 g/mol. The fraction of sp³-hybridized carbons (Fsp3) is 0.833. The summed E-state index contributed by atoms with van der Waals surface area (Å²) in [5.41, 5.74) is 1.43. The molecule has 2 aliphatic carbocycles. The van der Waals surface area contributed by atoms with Gasteiger partial charge in [-0.3, -0.25) is 0 Å². The summed E-state index contributed by atoms with van der Waals surface area (Å²) in [5, 5.41) is 4.93. The zero-order valence-corrected chi connectivity index (χ0v) is 14.1. The highest BCUT2D eigenvalue weighted by Crippen LogP contribution is 2.28. The molecule has 118 valence electrons. The smallest absolute Gasteiger partial charge is 0.107 e. The molecule has 0 spiro atoms. The van der Waals surface area contributed by atoms with Crippen molar-refractivity contribution in [1.29, 1.82) is 0 Å². The molecular weight excluding hydrogens is 276 g/mol. The highest BCUT2D eigenvalue weighted by Gasteiger charge is 2.20. The average Bonchev–Trinajstić information content (AvgIpc) is 3.21. The van der Waals surface area contributed by atoms with E-state index in [1.807, 2.05) is 11.3 Å². The number of nitrogens with zero attached hydrogens (tertiary/aromatic N) is 1. The Morgan fingerprint density at radius 3 is 2.29 bits per heavy atom. The Hall–Kier alpha value is -0.410. The van der Waals surface area contributed by atoms with Gasteiger partial charge >= 0.3 is 0 Å². The molecule has 2 aliphatic rings. The van der Waals surface area contributed by atoms with Crippen molar-refractivity contribution in [3.05, 3.63) is 15.6 Å². The van der Waals surface area contributed by atoms with Crippen LogP contribution in [-0.4, -0.2) is 11.5 Å². The van der Waals surface area contributed by atoms with Gasteiger partial charge in [0.1, 0.15) is 5.01 Å². The van der Waals surface area contributed by atoms with E-state index in [1.54, 1.807) is 4.88 Å². The molecule has 21 heavy (non-hydrogen) atoms. The first-order valence-electron chi connectivity index (χ1n) is 9.10. The molecule has 1 aromatic rings. The summed E-state index contributed by atoms with van der Waals surface area (Å²) < 4.78 is 0. The maximum atomic E-state index is 4.95. The Morgan fingerprint density at radius 1 is 0.905 bits per heavy atom. The number of aromatic nitrogens is 1. The molecule has 0 radical (unpaired) electrons. The first-order chi connectivity index (χ1) is 10.4. The molecule has 2 nitrogen and oxygen atoms in total. The van der Waals surface area contributed by atoms with Crippen LogP contribution in [0.4, 0.5) is 0 Å². The summed E-state index contributed by atoms with van der Waals surface area (Å²) in [6.07, 6.45) is 16.6. The molecule has 3 heteroatoms. The van der Waals surface area contributed by atoms with Crippen molar-refractivity contribution in [2.24, 2.45) is 5.92 Å². The molecule has 1 fully saturated rings. The normalized spacial score (nSPS) is 21.3. The van der Waals surface area contributed by atoms with E-state index in [1.165, 1.54) is 94.3 Å². The van der Waals surface area contributed by atoms with Crippen LogP contribution in [0.15, 0.2) is 0 Å². The van der Waals surface area contributed by atoms with Gasteiger partial charge in [0.2, 0.25) is 0 Å². The number of hydrogen-bond donors (Lipinski definition) is 1. The van der Waals surface area contributed by atoms with E-state index < -0.39 is 0 Å². The lowest BCUT2D eigenvalue weighted by molar-refractivity contribution is 0.559. The van der Waals surface area contributed by atoms with Crippen molar-refractivity contribution < 1.29 is 0 Å².